The first-order chi connectivity index (χ1) is 15.2. The molecule has 32 heavy (non-hydrogen) atoms. The van der Waals surface area contributed by atoms with E-state index in [1.807, 2.05) is 36.4 Å². The summed E-state index contributed by atoms with van der Waals surface area (Å²) in [5.74, 6) is 3.12. The van der Waals surface area contributed by atoms with E-state index in [0.717, 1.165) is 35.6 Å². The van der Waals surface area contributed by atoms with E-state index in [4.69, 9.17) is 14.5 Å². The van der Waals surface area contributed by atoms with Gasteiger partial charge in [-0.05, 0) is 62.4 Å². The number of hydrogen-bond donors (Lipinski definition) is 2. The SMILES string of the molecule is CCNC(=NCc1ccc(Oc2ccccc2OC)cc1)NC1CCN(C2CC2)CC1.I. The monoisotopic (exact) mass is 550 g/mol. The van der Waals surface area contributed by atoms with Gasteiger partial charge in [-0.15, -0.1) is 24.0 Å². The average Bonchev–Trinajstić information content (AvgIpc) is 3.65. The van der Waals surface area contributed by atoms with Crippen LogP contribution in [0.5, 0.6) is 17.2 Å². The summed E-state index contributed by atoms with van der Waals surface area (Å²) >= 11 is 0. The van der Waals surface area contributed by atoms with E-state index in [1.54, 1.807) is 7.11 Å². The number of guanidine groups is 1. The standard InChI is InChI=1S/C25H34N4O2.HI/c1-3-26-25(28-20-14-16-29(17-15-20)21-10-11-21)27-18-19-8-12-22(13-9-19)31-24-7-5-4-6-23(24)30-2;/h4-9,12-13,20-21H,3,10-11,14-18H2,1-2H3,(H2,26,27,28);1H. The predicted octanol–water partition coefficient (Wildman–Crippen LogP) is 4.79. The summed E-state index contributed by atoms with van der Waals surface area (Å²) in [6, 6.07) is 17.1. The number of methoxy groups -OCH3 is 1. The van der Waals surface area contributed by atoms with Crippen molar-refractivity contribution in [2.75, 3.05) is 26.7 Å². The van der Waals surface area contributed by atoms with Gasteiger partial charge in [0, 0.05) is 31.7 Å². The Morgan fingerprint density at radius 3 is 2.31 bits per heavy atom. The molecule has 4 rings (SSSR count). The molecule has 2 aromatic rings. The summed E-state index contributed by atoms with van der Waals surface area (Å²) in [6.07, 6.45) is 5.17. The van der Waals surface area contributed by atoms with Crippen LogP contribution in [0.2, 0.25) is 0 Å². The molecule has 1 saturated carbocycles. The zero-order valence-electron chi connectivity index (χ0n) is 19.0. The smallest absolute Gasteiger partial charge is 0.191 e. The number of rotatable bonds is 8. The fourth-order valence-electron chi connectivity index (χ4n) is 4.03. The highest BCUT2D eigenvalue weighted by molar-refractivity contribution is 14.0. The lowest BCUT2D eigenvalue weighted by molar-refractivity contribution is 0.197. The van der Waals surface area contributed by atoms with Gasteiger partial charge in [0.15, 0.2) is 17.5 Å². The highest BCUT2D eigenvalue weighted by atomic mass is 127. The van der Waals surface area contributed by atoms with Gasteiger partial charge in [-0.2, -0.15) is 0 Å². The van der Waals surface area contributed by atoms with Gasteiger partial charge in [-0.25, -0.2) is 4.99 Å². The van der Waals surface area contributed by atoms with Crippen molar-refractivity contribution in [2.45, 2.75) is 51.2 Å². The lowest BCUT2D eigenvalue weighted by atomic mass is 10.1. The van der Waals surface area contributed by atoms with Crippen molar-refractivity contribution in [3.8, 4) is 17.2 Å². The molecule has 2 aliphatic rings. The molecule has 6 nitrogen and oxygen atoms in total. The van der Waals surface area contributed by atoms with Crippen molar-refractivity contribution < 1.29 is 9.47 Å². The fourth-order valence-corrected chi connectivity index (χ4v) is 4.03. The van der Waals surface area contributed by atoms with Crippen molar-refractivity contribution in [1.29, 1.82) is 0 Å². The largest absolute Gasteiger partial charge is 0.493 e. The summed E-state index contributed by atoms with van der Waals surface area (Å²) < 4.78 is 11.3. The quantitative estimate of drug-likeness (QED) is 0.282. The third kappa shape index (κ3) is 7.00. The number of hydrogen-bond acceptors (Lipinski definition) is 4. The topological polar surface area (TPSA) is 58.1 Å². The van der Waals surface area contributed by atoms with Gasteiger partial charge in [0.05, 0.1) is 13.7 Å². The van der Waals surface area contributed by atoms with Crippen LogP contribution in [0.3, 0.4) is 0 Å². The lowest BCUT2D eigenvalue weighted by Gasteiger charge is -2.33. The molecule has 0 aromatic heterocycles. The van der Waals surface area contributed by atoms with E-state index in [-0.39, 0.29) is 24.0 Å². The van der Waals surface area contributed by atoms with Gasteiger partial charge in [0.2, 0.25) is 0 Å². The Labute approximate surface area is 208 Å². The molecule has 1 saturated heterocycles. The number of aliphatic imine (C=N–C) groups is 1. The van der Waals surface area contributed by atoms with Gasteiger partial charge >= 0.3 is 0 Å². The third-order valence-electron chi connectivity index (χ3n) is 5.92. The van der Waals surface area contributed by atoms with Crippen LogP contribution in [-0.4, -0.2) is 49.7 Å². The Hall–Kier alpha value is -2.00. The number of halogens is 1. The maximum atomic E-state index is 5.96. The van der Waals surface area contributed by atoms with Gasteiger partial charge in [-0.1, -0.05) is 24.3 Å². The molecular formula is C25H35IN4O2. The number of ether oxygens (including phenoxy) is 2. The van der Waals surface area contributed by atoms with Gasteiger partial charge < -0.3 is 25.0 Å². The van der Waals surface area contributed by atoms with Crippen LogP contribution in [0.25, 0.3) is 0 Å². The van der Waals surface area contributed by atoms with E-state index in [9.17, 15) is 0 Å². The minimum atomic E-state index is 0. The molecule has 174 valence electrons. The predicted molar refractivity (Wildman–Crippen MR) is 140 cm³/mol. The van der Waals surface area contributed by atoms with E-state index < -0.39 is 0 Å². The normalized spacial score (nSPS) is 17.4. The van der Waals surface area contributed by atoms with Crippen molar-refractivity contribution in [3.05, 3.63) is 54.1 Å². The minimum Gasteiger partial charge on any atom is -0.493 e. The van der Waals surface area contributed by atoms with Gasteiger partial charge in [-0.3, -0.25) is 0 Å². The second-order valence-electron chi connectivity index (χ2n) is 8.28. The molecule has 2 fully saturated rings. The number of nitrogens with one attached hydrogen (secondary N) is 2. The zero-order chi connectivity index (χ0) is 21.5. The third-order valence-corrected chi connectivity index (χ3v) is 5.92. The number of para-hydroxylation sites is 2. The molecule has 7 heteroatoms. The van der Waals surface area contributed by atoms with Gasteiger partial charge in [0.25, 0.3) is 0 Å². The second kappa shape index (κ2) is 12.3. The summed E-state index contributed by atoms with van der Waals surface area (Å²) in [5, 5.41) is 7.03. The Kier molecular flexibility index (Phi) is 9.47. The van der Waals surface area contributed by atoms with E-state index in [2.05, 4.69) is 34.6 Å². The van der Waals surface area contributed by atoms with Crippen molar-refractivity contribution in [2.24, 2.45) is 4.99 Å². The van der Waals surface area contributed by atoms with Crippen LogP contribution in [0.15, 0.2) is 53.5 Å². The molecule has 1 heterocycles. The number of likely N-dealkylation sites (tertiary alicyclic amines) is 1. The summed E-state index contributed by atoms with van der Waals surface area (Å²) in [4.78, 5) is 7.46. The van der Waals surface area contributed by atoms with E-state index in [1.165, 1.54) is 38.8 Å². The lowest BCUT2D eigenvalue weighted by Crippen LogP contribution is -2.49. The van der Waals surface area contributed by atoms with Crippen molar-refractivity contribution >= 4 is 29.9 Å². The first-order valence-electron chi connectivity index (χ1n) is 11.4. The average molecular weight is 550 g/mol. The molecule has 0 spiro atoms. The fraction of sp³-hybridized carbons (Fsp3) is 0.480. The van der Waals surface area contributed by atoms with Crippen LogP contribution < -0.4 is 20.1 Å². The molecule has 2 aromatic carbocycles. The Morgan fingerprint density at radius 1 is 1.00 bits per heavy atom. The Bertz CT molecular complexity index is 863. The summed E-state index contributed by atoms with van der Waals surface area (Å²) in [5.41, 5.74) is 1.15. The van der Waals surface area contributed by atoms with E-state index in [0.29, 0.717) is 18.3 Å². The maximum absolute atomic E-state index is 5.96. The van der Waals surface area contributed by atoms with Crippen LogP contribution in [0, 0.1) is 0 Å². The molecule has 0 unspecified atom stereocenters. The Balaban J connectivity index is 0.00000289. The molecule has 0 atom stereocenters. The molecular weight excluding hydrogens is 515 g/mol. The summed E-state index contributed by atoms with van der Waals surface area (Å²) in [7, 11) is 1.65. The molecule has 0 amide bonds. The van der Waals surface area contributed by atoms with Crippen LogP contribution in [-0.2, 0) is 6.54 Å². The summed E-state index contributed by atoms with van der Waals surface area (Å²) in [6.45, 7) is 6.01. The maximum Gasteiger partial charge on any atom is 0.191 e. The highest BCUT2D eigenvalue weighted by Gasteiger charge is 2.31. The first-order valence-corrected chi connectivity index (χ1v) is 11.4. The molecule has 1 aliphatic carbocycles. The second-order valence-corrected chi connectivity index (χ2v) is 8.28. The molecule has 2 N–H and O–H groups in total. The van der Waals surface area contributed by atoms with E-state index >= 15 is 0 Å². The molecule has 0 radical (unpaired) electrons. The van der Waals surface area contributed by atoms with Crippen LogP contribution in [0.1, 0.15) is 38.2 Å². The first kappa shape index (κ1) is 24.6. The van der Waals surface area contributed by atoms with Gasteiger partial charge in [0.1, 0.15) is 5.75 Å². The zero-order valence-corrected chi connectivity index (χ0v) is 21.4. The molecule has 0 bridgehead atoms. The van der Waals surface area contributed by atoms with Crippen LogP contribution in [0.4, 0.5) is 0 Å². The highest BCUT2D eigenvalue weighted by Crippen LogP contribution is 2.31. The van der Waals surface area contributed by atoms with Crippen molar-refractivity contribution in [1.82, 2.24) is 15.5 Å². The number of benzene rings is 2. The van der Waals surface area contributed by atoms with Crippen molar-refractivity contribution in [3.63, 3.8) is 0 Å². The number of piperidine rings is 1. The minimum absolute atomic E-state index is 0. The number of nitrogens with zero attached hydrogens (tertiary/aromatic N) is 2. The van der Waals surface area contributed by atoms with Crippen LogP contribution >= 0.6 is 24.0 Å². The Morgan fingerprint density at radius 2 is 1.69 bits per heavy atom. The molecule has 1 aliphatic heterocycles.